The predicted octanol–water partition coefficient (Wildman–Crippen LogP) is 19.9. The molecule has 79 heavy (non-hydrogen) atoms. The van der Waals surface area contributed by atoms with E-state index in [-0.39, 0.29) is 37.9 Å². The highest BCUT2D eigenvalue weighted by molar-refractivity contribution is 7.47. The second kappa shape index (κ2) is 57.6. The standard InChI is InChI=1S/C69H119N2O7P/c1-7-10-13-16-19-22-25-27-29-31-33-34-35-36-38-40-42-44-47-50-53-56-59-62-69(73)78-67(60-57-54-51-48-45-24-21-18-15-12-9-3)66(65-77-79(74,75)76-64-63-71(4,5)6)70-68(72)61-58-55-52-49-46-43-41-39-37-32-30-28-26-23-20-17-14-11-8-2/h11,14,19-20,22-23,27-30,33-34,37,39,43,46,52,55,57,60,66-67H,7-10,12-13,15-18,21,24-26,31-32,35-36,38,40-42,44-45,47-51,53-54,56,58-59,61-65H2,1-6H3,(H-,70,72,74,75)/p+1/b14-11-,22-19-,23-20-,29-27-,30-28-,34-33-,39-37-,46-43-,55-52-,60-57+. The van der Waals surface area contributed by atoms with Crippen molar-refractivity contribution in [1.29, 1.82) is 0 Å². The van der Waals surface area contributed by atoms with Gasteiger partial charge in [-0.1, -0.05) is 252 Å². The molecule has 0 spiro atoms. The molecule has 452 valence electrons. The summed E-state index contributed by atoms with van der Waals surface area (Å²) in [5.41, 5.74) is 0. The first kappa shape index (κ1) is 75.4. The third-order valence-electron chi connectivity index (χ3n) is 13.4. The van der Waals surface area contributed by atoms with Gasteiger partial charge in [-0.25, -0.2) is 4.57 Å². The maximum absolute atomic E-state index is 13.5. The van der Waals surface area contributed by atoms with E-state index in [0.717, 1.165) is 103 Å². The summed E-state index contributed by atoms with van der Waals surface area (Å²) in [4.78, 5) is 37.7. The Labute approximate surface area is 486 Å². The fourth-order valence-corrected chi connectivity index (χ4v) is 9.23. The molecule has 0 heterocycles. The van der Waals surface area contributed by atoms with E-state index in [9.17, 15) is 19.0 Å². The number of likely N-dealkylation sites (N-methyl/N-ethyl adjacent to an activating group) is 1. The number of unbranched alkanes of at least 4 members (excludes halogenated alkanes) is 22. The normalized spacial score (nSPS) is 14.5. The molecular formula is C69H120N2O7P+. The Balaban J connectivity index is 5.28. The van der Waals surface area contributed by atoms with Gasteiger partial charge in [0.2, 0.25) is 5.91 Å². The number of esters is 1. The largest absolute Gasteiger partial charge is 0.472 e. The van der Waals surface area contributed by atoms with E-state index >= 15 is 0 Å². The van der Waals surface area contributed by atoms with Crippen molar-refractivity contribution >= 4 is 19.7 Å². The number of allylic oxidation sites excluding steroid dienone is 19. The molecule has 0 radical (unpaired) electrons. The van der Waals surface area contributed by atoms with Gasteiger partial charge < -0.3 is 19.4 Å². The van der Waals surface area contributed by atoms with E-state index in [4.69, 9.17) is 13.8 Å². The number of nitrogens with one attached hydrogen (secondary N) is 1. The second-order valence-electron chi connectivity index (χ2n) is 22.2. The van der Waals surface area contributed by atoms with Crippen LogP contribution >= 0.6 is 7.82 Å². The molecule has 3 unspecified atom stereocenters. The number of nitrogens with zero attached hydrogens (tertiary/aromatic N) is 1. The van der Waals surface area contributed by atoms with Crippen LogP contribution in [0.25, 0.3) is 0 Å². The molecule has 0 fully saturated rings. The van der Waals surface area contributed by atoms with Crippen molar-refractivity contribution in [2.24, 2.45) is 0 Å². The highest BCUT2D eigenvalue weighted by Gasteiger charge is 2.30. The molecule has 10 heteroatoms. The van der Waals surface area contributed by atoms with Gasteiger partial charge in [0.15, 0.2) is 0 Å². The number of carbonyl (C=O) groups is 2. The van der Waals surface area contributed by atoms with E-state index in [1.165, 1.54) is 109 Å². The first-order valence-electron chi connectivity index (χ1n) is 31.9. The number of hydrogen-bond donors (Lipinski definition) is 2. The van der Waals surface area contributed by atoms with Gasteiger partial charge in [-0.3, -0.25) is 18.6 Å². The van der Waals surface area contributed by atoms with Crippen molar-refractivity contribution < 1.29 is 37.3 Å². The van der Waals surface area contributed by atoms with Crippen LogP contribution in [0.2, 0.25) is 0 Å². The van der Waals surface area contributed by atoms with Crippen molar-refractivity contribution in [2.75, 3.05) is 40.9 Å². The third-order valence-corrected chi connectivity index (χ3v) is 14.4. The van der Waals surface area contributed by atoms with Gasteiger partial charge in [-0.15, -0.1) is 0 Å². The number of phosphoric acid groups is 1. The monoisotopic (exact) mass is 1120 g/mol. The van der Waals surface area contributed by atoms with E-state index in [1.54, 1.807) is 0 Å². The fourth-order valence-electron chi connectivity index (χ4n) is 8.50. The minimum absolute atomic E-state index is 0.0199. The zero-order chi connectivity index (χ0) is 57.9. The molecule has 3 atom stereocenters. The second-order valence-corrected chi connectivity index (χ2v) is 23.6. The lowest BCUT2D eigenvalue weighted by atomic mass is 10.0. The van der Waals surface area contributed by atoms with Crippen molar-refractivity contribution in [3.05, 3.63) is 122 Å². The van der Waals surface area contributed by atoms with Gasteiger partial charge in [0.25, 0.3) is 0 Å². The maximum Gasteiger partial charge on any atom is 0.472 e. The van der Waals surface area contributed by atoms with Gasteiger partial charge in [0.1, 0.15) is 19.3 Å². The van der Waals surface area contributed by atoms with E-state index in [2.05, 4.69) is 129 Å². The average molecular weight is 1120 g/mol. The molecule has 0 aliphatic rings. The Morgan fingerprint density at radius 3 is 1.27 bits per heavy atom. The molecule has 0 saturated carbocycles. The maximum atomic E-state index is 13.5. The predicted molar refractivity (Wildman–Crippen MR) is 341 cm³/mol. The van der Waals surface area contributed by atoms with Crippen LogP contribution in [0.15, 0.2) is 122 Å². The summed E-state index contributed by atoms with van der Waals surface area (Å²) in [7, 11) is 1.43. The Hall–Kier alpha value is -3.59. The molecule has 0 saturated heterocycles. The summed E-state index contributed by atoms with van der Waals surface area (Å²) in [6.07, 6.45) is 80.8. The number of phosphoric ester groups is 1. The highest BCUT2D eigenvalue weighted by Crippen LogP contribution is 2.43. The summed E-state index contributed by atoms with van der Waals surface area (Å²) < 4.78 is 30.6. The van der Waals surface area contributed by atoms with Crippen LogP contribution in [0.5, 0.6) is 0 Å². The number of rotatable bonds is 56. The van der Waals surface area contributed by atoms with Gasteiger partial charge >= 0.3 is 13.8 Å². The Morgan fingerprint density at radius 2 is 0.823 bits per heavy atom. The summed E-state index contributed by atoms with van der Waals surface area (Å²) in [6.45, 7) is 6.79. The van der Waals surface area contributed by atoms with E-state index < -0.39 is 20.0 Å². The van der Waals surface area contributed by atoms with E-state index in [1.807, 2.05) is 39.4 Å². The number of amides is 1. The molecule has 1 amide bonds. The third kappa shape index (κ3) is 58.9. The minimum Gasteiger partial charge on any atom is -0.456 e. The lowest BCUT2D eigenvalue weighted by Crippen LogP contribution is -2.47. The Bertz CT molecular complexity index is 1770. The zero-order valence-electron chi connectivity index (χ0n) is 51.6. The first-order valence-corrected chi connectivity index (χ1v) is 33.4. The van der Waals surface area contributed by atoms with Crippen LogP contribution in [0.1, 0.15) is 252 Å². The van der Waals surface area contributed by atoms with Crippen LogP contribution in [0.3, 0.4) is 0 Å². The Kier molecular flexibility index (Phi) is 55.0. The molecule has 0 aromatic rings. The SMILES string of the molecule is CC/C=C\C/C=C\C/C=C\C/C=C\C/C=C\C/C=C\CCC(=O)NC(COP(=O)(O)OCC[N+](C)(C)C)C(/C=C/CCCCCCCCCCC)OC(=O)CCCCCCCCCCCC/C=C\C/C=C\C/C=C\CCCCC. The van der Waals surface area contributed by atoms with E-state index in [0.29, 0.717) is 17.4 Å². The van der Waals surface area contributed by atoms with Crippen molar-refractivity contribution in [3.8, 4) is 0 Å². The van der Waals surface area contributed by atoms with Gasteiger partial charge in [0, 0.05) is 12.8 Å². The van der Waals surface area contributed by atoms with Crippen LogP contribution < -0.4 is 5.32 Å². The molecule has 0 aliphatic carbocycles. The Morgan fingerprint density at radius 1 is 0.456 bits per heavy atom. The van der Waals surface area contributed by atoms with Crippen LogP contribution in [-0.4, -0.2) is 74.3 Å². The van der Waals surface area contributed by atoms with Gasteiger partial charge in [-0.05, 0) is 109 Å². The summed E-state index contributed by atoms with van der Waals surface area (Å²) in [5, 5.41) is 3.00. The lowest BCUT2D eigenvalue weighted by Gasteiger charge is -2.27. The smallest absolute Gasteiger partial charge is 0.456 e. The van der Waals surface area contributed by atoms with Crippen LogP contribution in [0.4, 0.5) is 0 Å². The molecule has 0 rings (SSSR count). The molecule has 0 aliphatic heterocycles. The van der Waals surface area contributed by atoms with Crippen molar-refractivity contribution in [1.82, 2.24) is 5.32 Å². The molecule has 2 N–H and O–H groups in total. The lowest BCUT2D eigenvalue weighted by molar-refractivity contribution is -0.870. The van der Waals surface area contributed by atoms with Crippen molar-refractivity contribution in [3.63, 3.8) is 0 Å². The van der Waals surface area contributed by atoms with Gasteiger partial charge in [0.05, 0.1) is 33.8 Å². The molecule has 0 aromatic carbocycles. The van der Waals surface area contributed by atoms with Crippen LogP contribution in [0, 0.1) is 0 Å². The van der Waals surface area contributed by atoms with Crippen molar-refractivity contribution in [2.45, 2.75) is 264 Å². The summed E-state index contributed by atoms with van der Waals surface area (Å²) in [6, 6.07) is -0.898. The summed E-state index contributed by atoms with van der Waals surface area (Å²) in [5.74, 6) is -0.614. The summed E-state index contributed by atoms with van der Waals surface area (Å²) >= 11 is 0. The van der Waals surface area contributed by atoms with Gasteiger partial charge in [-0.2, -0.15) is 0 Å². The molecule has 0 bridgehead atoms. The number of carbonyl (C=O) groups excluding carboxylic acids is 2. The molecule has 0 aromatic heterocycles. The number of hydrogen-bond acceptors (Lipinski definition) is 6. The van der Waals surface area contributed by atoms with Crippen LogP contribution in [-0.2, 0) is 27.9 Å². The topological polar surface area (TPSA) is 111 Å². The molecular weight excluding hydrogens is 1000 g/mol. The molecule has 9 nitrogen and oxygen atoms in total. The number of quaternary nitrogens is 1. The highest BCUT2D eigenvalue weighted by atomic mass is 31.2. The zero-order valence-corrected chi connectivity index (χ0v) is 52.5. The first-order chi connectivity index (χ1) is 38.4. The average Bonchev–Trinajstić information content (AvgIpc) is 3.41. The quantitative estimate of drug-likeness (QED) is 0.0205. The number of ether oxygens (including phenoxy) is 1. The minimum atomic E-state index is -4.48. The fraction of sp³-hybridized carbons (Fsp3) is 0.681.